The van der Waals surface area contributed by atoms with Crippen LogP contribution in [0.1, 0.15) is 22.0 Å². The summed E-state index contributed by atoms with van der Waals surface area (Å²) in [7, 11) is 0. The first-order valence-electron chi connectivity index (χ1n) is 8.69. The largest absolute Gasteiger partial charge is 0.364 e. The van der Waals surface area contributed by atoms with E-state index in [4.69, 9.17) is 4.74 Å². The van der Waals surface area contributed by atoms with E-state index >= 15 is 0 Å². The molecule has 0 aliphatic carbocycles. The van der Waals surface area contributed by atoms with Crippen molar-refractivity contribution in [2.24, 2.45) is 0 Å². The quantitative estimate of drug-likeness (QED) is 0.693. The highest BCUT2D eigenvalue weighted by Gasteiger charge is 2.43. The number of aromatic nitrogens is 2. The number of nitrogens with zero attached hydrogens (tertiary/aromatic N) is 3. The van der Waals surface area contributed by atoms with E-state index in [0.29, 0.717) is 6.61 Å². The summed E-state index contributed by atoms with van der Waals surface area (Å²) in [5, 5.41) is 4.33. The van der Waals surface area contributed by atoms with Gasteiger partial charge in [-0.25, -0.2) is 4.98 Å². The molecule has 1 atom stereocenters. The molecule has 0 radical (unpaired) electrons. The van der Waals surface area contributed by atoms with E-state index < -0.39 is 0 Å². The lowest BCUT2D eigenvalue weighted by Gasteiger charge is -2.35. The van der Waals surface area contributed by atoms with Gasteiger partial charge < -0.3 is 9.30 Å². The Bertz CT molecular complexity index is 883. The summed E-state index contributed by atoms with van der Waals surface area (Å²) in [5.41, 5.74) is 2.43. The molecule has 0 N–H and O–H groups in total. The fraction of sp³-hybridized carbons (Fsp3) is 0.421. The van der Waals surface area contributed by atoms with Gasteiger partial charge in [-0.15, -0.1) is 11.3 Å². The number of fused-ring (bicyclic) bond motifs is 1. The maximum absolute atomic E-state index is 6.34. The highest BCUT2D eigenvalue weighted by molar-refractivity contribution is 7.11. The Morgan fingerprint density at radius 2 is 2.24 bits per heavy atom. The minimum absolute atomic E-state index is 0.0647. The lowest BCUT2D eigenvalue weighted by Crippen LogP contribution is -2.44. The van der Waals surface area contributed by atoms with Crippen LogP contribution < -0.4 is 0 Å². The molecule has 0 bridgehead atoms. The van der Waals surface area contributed by atoms with Gasteiger partial charge in [0.05, 0.1) is 18.4 Å². The van der Waals surface area contributed by atoms with E-state index in [0.717, 1.165) is 38.4 Å². The Morgan fingerprint density at radius 1 is 1.28 bits per heavy atom. The minimum Gasteiger partial charge on any atom is -0.364 e. The zero-order valence-electron chi connectivity index (χ0n) is 14.3. The van der Waals surface area contributed by atoms with Gasteiger partial charge in [-0.05, 0) is 36.9 Å². The van der Waals surface area contributed by atoms with E-state index in [1.165, 1.54) is 21.0 Å². The van der Waals surface area contributed by atoms with Crippen LogP contribution in [0.25, 0.3) is 11.3 Å². The number of hydrogen-bond donors (Lipinski definition) is 0. The summed E-state index contributed by atoms with van der Waals surface area (Å²) < 4.78 is 8.72. The van der Waals surface area contributed by atoms with E-state index in [9.17, 15) is 0 Å². The third kappa shape index (κ3) is 2.87. The summed E-state index contributed by atoms with van der Waals surface area (Å²) in [6.07, 6.45) is 3.10. The van der Waals surface area contributed by atoms with Crippen molar-refractivity contribution in [3.05, 3.63) is 50.7 Å². The molecule has 0 amide bonds. The lowest BCUT2D eigenvalue weighted by molar-refractivity contribution is -0.0821. The Kier molecular flexibility index (Phi) is 3.82. The molecule has 1 fully saturated rings. The van der Waals surface area contributed by atoms with Crippen molar-refractivity contribution in [1.82, 2.24) is 14.5 Å². The summed E-state index contributed by atoms with van der Waals surface area (Å²) in [6, 6.07) is 6.65. The van der Waals surface area contributed by atoms with Gasteiger partial charge in [0.1, 0.15) is 18.0 Å². The van der Waals surface area contributed by atoms with Crippen molar-refractivity contribution in [3.63, 3.8) is 0 Å². The van der Waals surface area contributed by atoms with Crippen LogP contribution in [0.5, 0.6) is 0 Å². The predicted molar refractivity (Wildman–Crippen MR) is 102 cm³/mol. The highest BCUT2D eigenvalue weighted by Crippen LogP contribution is 2.36. The van der Waals surface area contributed by atoms with Crippen LogP contribution in [0.15, 0.2) is 35.2 Å². The third-order valence-electron chi connectivity index (χ3n) is 5.28. The maximum atomic E-state index is 6.34. The lowest BCUT2D eigenvalue weighted by atomic mass is 10.0. The number of hydrogen-bond acceptors (Lipinski definition) is 5. The van der Waals surface area contributed by atoms with Gasteiger partial charge in [0.2, 0.25) is 0 Å². The summed E-state index contributed by atoms with van der Waals surface area (Å²) in [5.74, 6) is 1.05. The monoisotopic (exact) mass is 371 g/mol. The molecule has 1 spiro atoms. The van der Waals surface area contributed by atoms with Gasteiger partial charge in [0.15, 0.2) is 0 Å². The molecule has 5 rings (SSSR count). The summed E-state index contributed by atoms with van der Waals surface area (Å²) in [6.45, 7) is 6.86. The fourth-order valence-corrected chi connectivity index (χ4v) is 5.58. The predicted octanol–water partition coefficient (Wildman–Crippen LogP) is 4.16. The number of thiophene rings is 2. The Labute approximate surface area is 155 Å². The molecule has 1 saturated heterocycles. The number of likely N-dealkylation sites (tertiary alicyclic amines) is 1. The first kappa shape index (κ1) is 15.8. The van der Waals surface area contributed by atoms with Crippen molar-refractivity contribution in [2.45, 2.75) is 38.6 Å². The standard InChI is InChI=1S/C19H21N3OS2/c1-14-2-3-16(25-14)9-21-6-5-19(12-21)13-22-17(15-4-7-24-11-15)8-20-18(22)10-23-19/h2-4,7-8,11H,5-6,9-10,12-13H2,1H3. The first-order chi connectivity index (χ1) is 12.2. The van der Waals surface area contributed by atoms with Crippen molar-refractivity contribution in [1.29, 1.82) is 0 Å². The zero-order valence-corrected chi connectivity index (χ0v) is 15.9. The molecule has 25 heavy (non-hydrogen) atoms. The molecule has 0 saturated carbocycles. The Balaban J connectivity index is 1.36. The van der Waals surface area contributed by atoms with Crippen LogP contribution in [-0.4, -0.2) is 33.1 Å². The van der Waals surface area contributed by atoms with Gasteiger partial charge in [0, 0.05) is 40.3 Å². The van der Waals surface area contributed by atoms with Crippen LogP contribution in [0.4, 0.5) is 0 Å². The van der Waals surface area contributed by atoms with Gasteiger partial charge in [-0.2, -0.15) is 11.3 Å². The second-order valence-corrected chi connectivity index (χ2v) is 9.26. The molecule has 2 aliphatic rings. The molecule has 6 heteroatoms. The summed E-state index contributed by atoms with van der Waals surface area (Å²) >= 11 is 3.64. The first-order valence-corrected chi connectivity index (χ1v) is 10.5. The van der Waals surface area contributed by atoms with Gasteiger partial charge >= 0.3 is 0 Å². The van der Waals surface area contributed by atoms with E-state index in [-0.39, 0.29) is 5.60 Å². The third-order valence-corrected chi connectivity index (χ3v) is 6.95. The number of ether oxygens (including phenoxy) is 1. The van der Waals surface area contributed by atoms with Crippen LogP contribution in [0, 0.1) is 6.92 Å². The molecule has 1 unspecified atom stereocenters. The molecule has 5 heterocycles. The van der Waals surface area contributed by atoms with Crippen molar-refractivity contribution in [3.8, 4) is 11.3 Å². The molecule has 130 valence electrons. The molecule has 0 aromatic carbocycles. The topological polar surface area (TPSA) is 30.3 Å². The van der Waals surface area contributed by atoms with Gasteiger partial charge in [-0.3, -0.25) is 4.90 Å². The van der Waals surface area contributed by atoms with E-state index in [1.807, 2.05) is 17.5 Å². The van der Waals surface area contributed by atoms with Crippen LogP contribution >= 0.6 is 22.7 Å². The van der Waals surface area contributed by atoms with Crippen molar-refractivity contribution >= 4 is 22.7 Å². The second-order valence-electron chi connectivity index (χ2n) is 7.10. The smallest absolute Gasteiger partial charge is 0.135 e. The zero-order chi connectivity index (χ0) is 16.9. The van der Waals surface area contributed by atoms with Crippen LogP contribution in [0.2, 0.25) is 0 Å². The average molecular weight is 372 g/mol. The number of aryl methyl sites for hydroxylation is 1. The highest BCUT2D eigenvalue weighted by atomic mass is 32.1. The Morgan fingerprint density at radius 3 is 3.04 bits per heavy atom. The molecule has 2 aliphatic heterocycles. The van der Waals surface area contributed by atoms with Gasteiger partial charge in [0.25, 0.3) is 0 Å². The molecular formula is C19H21N3OS2. The van der Waals surface area contributed by atoms with Crippen LogP contribution in [-0.2, 0) is 24.4 Å². The second kappa shape index (κ2) is 6.06. The molecular weight excluding hydrogens is 350 g/mol. The molecule has 3 aromatic rings. The van der Waals surface area contributed by atoms with Crippen molar-refractivity contribution in [2.75, 3.05) is 13.1 Å². The van der Waals surface area contributed by atoms with E-state index in [2.05, 4.69) is 50.3 Å². The minimum atomic E-state index is -0.0647. The van der Waals surface area contributed by atoms with E-state index in [1.54, 1.807) is 11.3 Å². The average Bonchev–Trinajstić information content (AvgIpc) is 3.36. The van der Waals surface area contributed by atoms with Crippen LogP contribution in [0.3, 0.4) is 0 Å². The summed E-state index contributed by atoms with van der Waals surface area (Å²) in [4.78, 5) is 9.97. The Hall–Kier alpha value is -1.47. The number of rotatable bonds is 3. The SMILES string of the molecule is Cc1ccc(CN2CCC3(C2)Cn2c(-c4ccsc4)cnc2CO3)s1. The molecule has 3 aromatic heterocycles. The number of imidazole rings is 1. The molecule has 4 nitrogen and oxygen atoms in total. The van der Waals surface area contributed by atoms with Crippen molar-refractivity contribution < 1.29 is 4.74 Å². The fourth-order valence-electron chi connectivity index (χ4n) is 4.00. The normalized spacial score (nSPS) is 23.4. The maximum Gasteiger partial charge on any atom is 0.135 e. The van der Waals surface area contributed by atoms with Gasteiger partial charge in [-0.1, -0.05) is 0 Å².